The zero-order valence-corrected chi connectivity index (χ0v) is 18.8. The third-order valence-electron chi connectivity index (χ3n) is 6.94. The van der Waals surface area contributed by atoms with Crippen LogP contribution in [0.2, 0.25) is 0 Å². The summed E-state index contributed by atoms with van der Waals surface area (Å²) < 4.78 is 65.9. The number of hydrogen-bond acceptors (Lipinski definition) is 3. The van der Waals surface area contributed by atoms with Crippen molar-refractivity contribution in [2.75, 3.05) is 24.5 Å². The summed E-state index contributed by atoms with van der Waals surface area (Å²) >= 11 is 0. The van der Waals surface area contributed by atoms with Gasteiger partial charge < -0.3 is 4.90 Å². The van der Waals surface area contributed by atoms with Crippen molar-refractivity contribution in [2.24, 2.45) is 5.92 Å². The van der Waals surface area contributed by atoms with Gasteiger partial charge in [-0.2, -0.15) is 17.5 Å². The quantitative estimate of drug-likeness (QED) is 0.647. The summed E-state index contributed by atoms with van der Waals surface area (Å²) in [7, 11) is -3.53. The summed E-state index contributed by atoms with van der Waals surface area (Å²) in [5.41, 5.74) is 1.62. The van der Waals surface area contributed by atoms with Gasteiger partial charge in [0.25, 0.3) is 0 Å². The van der Waals surface area contributed by atoms with Crippen molar-refractivity contribution in [3.63, 3.8) is 0 Å². The van der Waals surface area contributed by atoms with Gasteiger partial charge in [0.05, 0.1) is 10.5 Å². The van der Waals surface area contributed by atoms with Crippen LogP contribution in [0.3, 0.4) is 0 Å². The second-order valence-corrected chi connectivity index (χ2v) is 11.0. The van der Waals surface area contributed by atoms with E-state index in [1.165, 1.54) is 16.4 Å². The van der Waals surface area contributed by atoms with Crippen LogP contribution in [-0.4, -0.2) is 38.3 Å². The number of fused-ring (bicyclic) bond motifs is 1. The van der Waals surface area contributed by atoms with E-state index >= 15 is 0 Å². The first kappa shape index (κ1) is 22.4. The molecule has 2 aliphatic heterocycles. The molecule has 1 saturated heterocycles. The molecule has 2 aromatic rings. The predicted molar refractivity (Wildman–Crippen MR) is 117 cm³/mol. The standard InChI is InChI=1S/C24H25F3N2O3S/c25-24(26,27)18-6-4-16(5-7-18)20-15-21(20)23(30)29-13-10-17-14-19(8-9-22(17)29)33(31,32)28-11-2-1-3-12-28/h4-9,14,20-21H,1-3,10-13,15H2. The maximum absolute atomic E-state index is 13.1. The monoisotopic (exact) mass is 478 g/mol. The van der Waals surface area contributed by atoms with Crippen molar-refractivity contribution >= 4 is 21.6 Å². The number of nitrogens with zero attached hydrogens (tertiary/aromatic N) is 2. The molecule has 1 aliphatic carbocycles. The Bertz CT molecular complexity index is 1170. The Morgan fingerprint density at radius 3 is 2.30 bits per heavy atom. The number of benzene rings is 2. The largest absolute Gasteiger partial charge is 0.416 e. The van der Waals surface area contributed by atoms with Gasteiger partial charge in [0.2, 0.25) is 15.9 Å². The molecule has 0 radical (unpaired) electrons. The number of rotatable bonds is 4. The van der Waals surface area contributed by atoms with Crippen LogP contribution in [-0.2, 0) is 27.4 Å². The highest BCUT2D eigenvalue weighted by atomic mass is 32.2. The Hall–Kier alpha value is -2.39. The average molecular weight is 479 g/mol. The number of hydrogen-bond donors (Lipinski definition) is 0. The summed E-state index contributed by atoms with van der Waals surface area (Å²) in [6.45, 7) is 1.56. The van der Waals surface area contributed by atoms with Gasteiger partial charge in [0.15, 0.2) is 0 Å². The van der Waals surface area contributed by atoms with Crippen molar-refractivity contribution in [3.05, 3.63) is 59.2 Å². The molecule has 33 heavy (non-hydrogen) atoms. The molecule has 5 rings (SSSR count). The average Bonchev–Trinajstić information content (AvgIpc) is 3.50. The lowest BCUT2D eigenvalue weighted by atomic mass is 10.1. The molecule has 2 unspecified atom stereocenters. The molecule has 2 heterocycles. The molecule has 176 valence electrons. The number of sulfonamides is 1. The van der Waals surface area contributed by atoms with Gasteiger partial charge in [-0.15, -0.1) is 0 Å². The Balaban J connectivity index is 1.29. The highest BCUT2D eigenvalue weighted by Gasteiger charge is 2.47. The Kier molecular flexibility index (Phi) is 5.52. The zero-order chi connectivity index (χ0) is 23.4. The van der Waals surface area contributed by atoms with Gasteiger partial charge >= 0.3 is 6.18 Å². The molecule has 1 amide bonds. The summed E-state index contributed by atoms with van der Waals surface area (Å²) in [6, 6.07) is 10.0. The topological polar surface area (TPSA) is 57.7 Å². The molecule has 0 bridgehead atoms. The molecule has 0 N–H and O–H groups in total. The second kappa shape index (κ2) is 8.13. The minimum absolute atomic E-state index is 0.0507. The normalized spacial score (nSPS) is 23.4. The number of carbonyl (C=O) groups is 1. The van der Waals surface area contributed by atoms with Crippen molar-refractivity contribution < 1.29 is 26.4 Å². The summed E-state index contributed by atoms with van der Waals surface area (Å²) in [5, 5.41) is 0. The third-order valence-corrected chi connectivity index (χ3v) is 8.83. The van der Waals surface area contributed by atoms with E-state index in [0.29, 0.717) is 32.5 Å². The van der Waals surface area contributed by atoms with Gasteiger partial charge in [-0.3, -0.25) is 4.79 Å². The van der Waals surface area contributed by atoms with Crippen LogP contribution in [0, 0.1) is 5.92 Å². The minimum Gasteiger partial charge on any atom is -0.312 e. The van der Waals surface area contributed by atoms with Gasteiger partial charge in [0, 0.05) is 31.2 Å². The minimum atomic E-state index is -4.38. The van der Waals surface area contributed by atoms with Crippen LogP contribution in [0.4, 0.5) is 18.9 Å². The zero-order valence-electron chi connectivity index (χ0n) is 18.0. The lowest BCUT2D eigenvalue weighted by Crippen LogP contribution is -2.35. The molecule has 3 aliphatic rings. The van der Waals surface area contributed by atoms with Crippen molar-refractivity contribution in [2.45, 2.75) is 49.1 Å². The van der Waals surface area contributed by atoms with E-state index in [1.807, 2.05) is 0 Å². The number of anilines is 1. The molecule has 2 atom stereocenters. The number of halogens is 3. The van der Waals surface area contributed by atoms with E-state index in [1.54, 1.807) is 23.1 Å². The maximum atomic E-state index is 13.1. The number of alkyl halides is 3. The first-order valence-electron chi connectivity index (χ1n) is 11.3. The van der Waals surface area contributed by atoms with Crippen LogP contribution in [0.25, 0.3) is 0 Å². The summed E-state index contributed by atoms with van der Waals surface area (Å²) in [5.74, 6) is -0.391. The number of piperidine rings is 1. The van der Waals surface area contributed by atoms with Crippen LogP contribution >= 0.6 is 0 Å². The maximum Gasteiger partial charge on any atom is 0.416 e. The van der Waals surface area contributed by atoms with E-state index in [0.717, 1.165) is 48.2 Å². The van der Waals surface area contributed by atoms with Crippen LogP contribution in [0.15, 0.2) is 47.4 Å². The highest BCUT2D eigenvalue weighted by Crippen LogP contribution is 2.50. The van der Waals surface area contributed by atoms with Crippen LogP contribution in [0.5, 0.6) is 0 Å². The van der Waals surface area contributed by atoms with Gasteiger partial charge in [0.1, 0.15) is 0 Å². The van der Waals surface area contributed by atoms with Gasteiger partial charge in [-0.05, 0) is 73.1 Å². The Morgan fingerprint density at radius 2 is 1.64 bits per heavy atom. The number of carbonyl (C=O) groups excluding carboxylic acids is 1. The first-order valence-corrected chi connectivity index (χ1v) is 12.7. The molecular formula is C24H25F3N2O3S. The first-order chi connectivity index (χ1) is 15.7. The van der Waals surface area contributed by atoms with E-state index in [4.69, 9.17) is 0 Å². The number of amides is 1. The molecule has 5 nitrogen and oxygen atoms in total. The predicted octanol–water partition coefficient (Wildman–Crippen LogP) is 4.57. The fourth-order valence-corrected chi connectivity index (χ4v) is 6.55. The fraction of sp³-hybridized carbons (Fsp3) is 0.458. The molecule has 2 aromatic carbocycles. The molecule has 9 heteroatoms. The van der Waals surface area contributed by atoms with E-state index in [9.17, 15) is 26.4 Å². The van der Waals surface area contributed by atoms with Crippen LogP contribution in [0.1, 0.15) is 48.3 Å². The third kappa shape index (κ3) is 4.17. The molecule has 1 saturated carbocycles. The molecule has 0 aromatic heterocycles. The Morgan fingerprint density at radius 1 is 0.939 bits per heavy atom. The summed E-state index contributed by atoms with van der Waals surface area (Å²) in [6.07, 6.45) is -0.403. The van der Waals surface area contributed by atoms with Crippen molar-refractivity contribution in [1.82, 2.24) is 4.31 Å². The molecule has 2 fully saturated rings. The highest BCUT2D eigenvalue weighted by molar-refractivity contribution is 7.89. The lowest BCUT2D eigenvalue weighted by Gasteiger charge is -2.26. The van der Waals surface area contributed by atoms with E-state index in [-0.39, 0.29) is 22.6 Å². The second-order valence-electron chi connectivity index (χ2n) is 9.06. The smallest absolute Gasteiger partial charge is 0.312 e. The van der Waals surface area contributed by atoms with Crippen molar-refractivity contribution in [3.8, 4) is 0 Å². The summed E-state index contributed by atoms with van der Waals surface area (Å²) in [4.78, 5) is 15.1. The van der Waals surface area contributed by atoms with E-state index < -0.39 is 21.8 Å². The van der Waals surface area contributed by atoms with Crippen molar-refractivity contribution in [1.29, 1.82) is 0 Å². The van der Waals surface area contributed by atoms with Gasteiger partial charge in [-0.1, -0.05) is 18.6 Å². The van der Waals surface area contributed by atoms with E-state index in [2.05, 4.69) is 0 Å². The lowest BCUT2D eigenvalue weighted by molar-refractivity contribution is -0.137. The fourth-order valence-electron chi connectivity index (χ4n) is 4.98. The SMILES string of the molecule is O=C(C1CC1c1ccc(C(F)(F)F)cc1)N1CCc2cc(S(=O)(=O)N3CCCCC3)ccc21. The van der Waals surface area contributed by atoms with Crippen LogP contribution < -0.4 is 4.90 Å². The molecule has 0 spiro atoms. The Labute approximate surface area is 191 Å². The van der Waals surface area contributed by atoms with Gasteiger partial charge in [-0.25, -0.2) is 8.42 Å². The molecular weight excluding hydrogens is 453 g/mol.